The molecule has 0 bridgehead atoms. The molecule has 0 saturated carbocycles. The van der Waals surface area contributed by atoms with Crippen LogP contribution in [0.1, 0.15) is 53.3 Å². The SMILES string of the molecule is CCC(=O)c1ccc(C(=O)N2CCC(OCCCN)CC2)cc1.Cl. The molecule has 0 unspecified atom stereocenters. The Kier molecular flexibility index (Phi) is 8.97. The molecule has 0 radical (unpaired) electrons. The minimum Gasteiger partial charge on any atom is -0.378 e. The second-order valence-electron chi connectivity index (χ2n) is 5.86. The molecule has 24 heavy (non-hydrogen) atoms. The van der Waals surface area contributed by atoms with E-state index >= 15 is 0 Å². The normalized spacial score (nSPS) is 15.0. The van der Waals surface area contributed by atoms with Crippen LogP contribution >= 0.6 is 12.4 Å². The number of ketones is 1. The van der Waals surface area contributed by atoms with Gasteiger partial charge in [-0.25, -0.2) is 0 Å². The number of ether oxygens (including phenoxy) is 1. The number of rotatable bonds is 7. The molecule has 1 fully saturated rings. The lowest BCUT2D eigenvalue weighted by Gasteiger charge is -2.32. The first kappa shape index (κ1) is 20.6. The third-order valence-corrected chi connectivity index (χ3v) is 4.21. The summed E-state index contributed by atoms with van der Waals surface area (Å²) in [6.07, 6.45) is 3.31. The van der Waals surface area contributed by atoms with Gasteiger partial charge in [-0.1, -0.05) is 19.1 Å². The lowest BCUT2D eigenvalue weighted by atomic mass is 10.0. The molecule has 6 heteroatoms. The molecule has 0 atom stereocenters. The Morgan fingerprint density at radius 3 is 2.29 bits per heavy atom. The third kappa shape index (κ3) is 5.58. The standard InChI is InChI=1S/C18H26N2O3.ClH/c1-2-17(21)14-4-6-15(7-5-14)18(22)20-11-8-16(9-12-20)23-13-3-10-19;/h4-7,16H,2-3,8-13,19H2,1H3;1H. The van der Waals surface area contributed by atoms with E-state index in [4.69, 9.17) is 10.5 Å². The number of nitrogens with two attached hydrogens (primary N) is 1. The van der Waals surface area contributed by atoms with Gasteiger partial charge in [0.25, 0.3) is 5.91 Å². The predicted molar refractivity (Wildman–Crippen MR) is 96.9 cm³/mol. The van der Waals surface area contributed by atoms with E-state index in [1.54, 1.807) is 24.3 Å². The molecule has 1 heterocycles. The minimum atomic E-state index is 0. The van der Waals surface area contributed by atoms with Crippen LogP contribution in [0.25, 0.3) is 0 Å². The van der Waals surface area contributed by atoms with E-state index in [0.29, 0.717) is 43.8 Å². The average molecular weight is 355 g/mol. The van der Waals surface area contributed by atoms with E-state index < -0.39 is 0 Å². The van der Waals surface area contributed by atoms with Crippen molar-refractivity contribution in [1.29, 1.82) is 0 Å². The zero-order valence-electron chi connectivity index (χ0n) is 14.2. The molecule has 5 nitrogen and oxygen atoms in total. The minimum absolute atomic E-state index is 0. The number of carbonyl (C=O) groups is 2. The van der Waals surface area contributed by atoms with Crippen LogP contribution in [0.3, 0.4) is 0 Å². The maximum atomic E-state index is 12.5. The van der Waals surface area contributed by atoms with Gasteiger partial charge in [0.05, 0.1) is 6.10 Å². The van der Waals surface area contributed by atoms with Crippen molar-refractivity contribution in [2.75, 3.05) is 26.2 Å². The second-order valence-corrected chi connectivity index (χ2v) is 5.86. The fraction of sp³-hybridized carbons (Fsp3) is 0.556. The zero-order chi connectivity index (χ0) is 16.7. The topological polar surface area (TPSA) is 72.6 Å². The molecule has 1 saturated heterocycles. The van der Waals surface area contributed by atoms with E-state index in [9.17, 15) is 9.59 Å². The lowest BCUT2D eigenvalue weighted by Crippen LogP contribution is -2.41. The molecular formula is C18H27ClN2O3. The molecule has 0 aliphatic carbocycles. The highest BCUT2D eigenvalue weighted by molar-refractivity contribution is 5.98. The molecule has 1 aliphatic heterocycles. The van der Waals surface area contributed by atoms with Crippen LogP contribution in [0.4, 0.5) is 0 Å². The fourth-order valence-electron chi connectivity index (χ4n) is 2.74. The number of hydrogen-bond donors (Lipinski definition) is 1. The van der Waals surface area contributed by atoms with Crippen LogP contribution in [0, 0.1) is 0 Å². The van der Waals surface area contributed by atoms with Crippen LogP contribution in [0.15, 0.2) is 24.3 Å². The smallest absolute Gasteiger partial charge is 0.253 e. The van der Waals surface area contributed by atoms with Gasteiger partial charge < -0.3 is 15.4 Å². The van der Waals surface area contributed by atoms with Crippen molar-refractivity contribution in [3.63, 3.8) is 0 Å². The zero-order valence-corrected chi connectivity index (χ0v) is 15.0. The summed E-state index contributed by atoms with van der Waals surface area (Å²) in [4.78, 5) is 26.0. The maximum Gasteiger partial charge on any atom is 0.253 e. The Morgan fingerprint density at radius 2 is 1.75 bits per heavy atom. The number of likely N-dealkylation sites (tertiary alicyclic amines) is 1. The highest BCUT2D eigenvalue weighted by Gasteiger charge is 2.24. The molecule has 0 spiro atoms. The molecule has 2 N–H and O–H groups in total. The quantitative estimate of drug-likeness (QED) is 0.603. The summed E-state index contributed by atoms with van der Waals surface area (Å²) in [5.41, 5.74) is 6.76. The van der Waals surface area contributed by atoms with Crippen molar-refractivity contribution in [3.05, 3.63) is 35.4 Å². The molecule has 1 aromatic carbocycles. The molecule has 1 amide bonds. The maximum absolute atomic E-state index is 12.5. The van der Waals surface area contributed by atoms with Gasteiger partial charge in [0.1, 0.15) is 0 Å². The Bertz CT molecular complexity index is 526. The van der Waals surface area contributed by atoms with Gasteiger partial charge in [-0.05, 0) is 37.9 Å². The average Bonchev–Trinajstić information content (AvgIpc) is 2.61. The monoisotopic (exact) mass is 354 g/mol. The number of hydrogen-bond acceptors (Lipinski definition) is 4. The first-order valence-electron chi connectivity index (χ1n) is 8.40. The summed E-state index contributed by atoms with van der Waals surface area (Å²) < 4.78 is 5.76. The van der Waals surface area contributed by atoms with Gasteiger partial charge in [-0.2, -0.15) is 0 Å². The second kappa shape index (κ2) is 10.4. The number of amides is 1. The highest BCUT2D eigenvalue weighted by atomic mass is 35.5. The van der Waals surface area contributed by atoms with Crippen LogP contribution in [-0.4, -0.2) is 48.9 Å². The molecule has 0 aromatic heterocycles. The molecular weight excluding hydrogens is 328 g/mol. The number of carbonyl (C=O) groups excluding carboxylic acids is 2. The molecule has 1 aromatic rings. The number of Topliss-reactive ketones (excluding diaryl/α,β-unsaturated/α-hetero) is 1. The Hall–Kier alpha value is -1.43. The van der Waals surface area contributed by atoms with Crippen molar-refractivity contribution in [1.82, 2.24) is 4.90 Å². The Labute approximate surface area is 149 Å². The summed E-state index contributed by atoms with van der Waals surface area (Å²) >= 11 is 0. The van der Waals surface area contributed by atoms with Crippen molar-refractivity contribution >= 4 is 24.1 Å². The first-order chi connectivity index (χ1) is 11.2. The number of nitrogens with zero attached hydrogens (tertiary/aromatic N) is 1. The van der Waals surface area contributed by atoms with E-state index in [2.05, 4.69) is 0 Å². The van der Waals surface area contributed by atoms with Crippen LogP contribution < -0.4 is 5.73 Å². The Balaban J connectivity index is 0.00000288. The Morgan fingerprint density at radius 1 is 1.17 bits per heavy atom. The van der Waals surface area contributed by atoms with Crippen molar-refractivity contribution in [2.45, 2.75) is 38.7 Å². The van der Waals surface area contributed by atoms with Crippen molar-refractivity contribution < 1.29 is 14.3 Å². The van der Waals surface area contributed by atoms with Gasteiger partial charge in [0.15, 0.2) is 5.78 Å². The molecule has 134 valence electrons. The van der Waals surface area contributed by atoms with Crippen LogP contribution in [0.2, 0.25) is 0 Å². The van der Waals surface area contributed by atoms with Gasteiger partial charge >= 0.3 is 0 Å². The largest absolute Gasteiger partial charge is 0.378 e. The molecule has 2 rings (SSSR count). The summed E-state index contributed by atoms with van der Waals surface area (Å²) in [5, 5.41) is 0. The van der Waals surface area contributed by atoms with Crippen LogP contribution in [-0.2, 0) is 4.74 Å². The summed E-state index contributed by atoms with van der Waals surface area (Å²) in [6, 6.07) is 6.97. The number of benzene rings is 1. The fourth-order valence-corrected chi connectivity index (χ4v) is 2.74. The van der Waals surface area contributed by atoms with Crippen LogP contribution in [0.5, 0.6) is 0 Å². The van der Waals surface area contributed by atoms with Crippen molar-refractivity contribution in [2.24, 2.45) is 5.73 Å². The van der Waals surface area contributed by atoms with E-state index in [0.717, 1.165) is 19.3 Å². The lowest BCUT2D eigenvalue weighted by molar-refractivity contribution is 0.00844. The van der Waals surface area contributed by atoms with Gasteiger partial charge in [0, 0.05) is 37.2 Å². The number of piperidine rings is 1. The summed E-state index contributed by atoms with van der Waals surface area (Å²) in [7, 11) is 0. The van der Waals surface area contributed by atoms with E-state index in [1.165, 1.54) is 0 Å². The summed E-state index contributed by atoms with van der Waals surface area (Å²) in [6.45, 7) is 4.60. The highest BCUT2D eigenvalue weighted by Crippen LogP contribution is 2.17. The first-order valence-corrected chi connectivity index (χ1v) is 8.40. The van der Waals surface area contributed by atoms with Gasteiger partial charge in [-0.3, -0.25) is 9.59 Å². The van der Waals surface area contributed by atoms with Gasteiger partial charge in [0.2, 0.25) is 0 Å². The predicted octanol–water partition coefficient (Wildman–Crippen LogP) is 2.67. The van der Waals surface area contributed by atoms with Crippen molar-refractivity contribution in [3.8, 4) is 0 Å². The summed E-state index contributed by atoms with van der Waals surface area (Å²) in [5.74, 6) is 0.125. The third-order valence-electron chi connectivity index (χ3n) is 4.21. The van der Waals surface area contributed by atoms with Gasteiger partial charge in [-0.15, -0.1) is 12.4 Å². The molecule has 1 aliphatic rings. The van der Waals surface area contributed by atoms with E-state index in [-0.39, 0.29) is 30.2 Å². The van der Waals surface area contributed by atoms with E-state index in [1.807, 2.05) is 11.8 Å². The number of halogens is 1.